The van der Waals surface area contributed by atoms with Crippen molar-refractivity contribution in [2.75, 3.05) is 6.54 Å². The number of halogens is 1. The summed E-state index contributed by atoms with van der Waals surface area (Å²) < 4.78 is 6.43. The Morgan fingerprint density at radius 2 is 2.13 bits per heavy atom. The molecule has 2 unspecified atom stereocenters. The van der Waals surface area contributed by atoms with Crippen molar-refractivity contribution in [1.29, 1.82) is 0 Å². The van der Waals surface area contributed by atoms with Crippen LogP contribution in [0.2, 0.25) is 0 Å². The fourth-order valence-corrected chi connectivity index (χ4v) is 3.21. The highest BCUT2D eigenvalue weighted by Crippen LogP contribution is 2.24. The van der Waals surface area contributed by atoms with E-state index in [0.717, 1.165) is 30.3 Å². The third kappa shape index (κ3) is 6.15. The van der Waals surface area contributed by atoms with Gasteiger partial charge in [0.05, 0.1) is 0 Å². The van der Waals surface area contributed by atoms with Crippen molar-refractivity contribution in [2.24, 2.45) is 0 Å². The zero-order chi connectivity index (χ0) is 17.0. The Bertz CT molecular complexity index is 554. The van der Waals surface area contributed by atoms with Gasteiger partial charge in [0.2, 0.25) is 0 Å². The molecule has 0 saturated carbocycles. The summed E-state index contributed by atoms with van der Waals surface area (Å²) >= 11 is 3.53. The second-order valence-corrected chi connectivity index (χ2v) is 8.22. The lowest BCUT2D eigenvalue weighted by Crippen LogP contribution is -2.46. The highest BCUT2D eigenvalue weighted by Gasteiger charge is 2.20. The highest BCUT2D eigenvalue weighted by molar-refractivity contribution is 9.10. The lowest BCUT2D eigenvalue weighted by atomic mass is 9.88. The minimum Gasteiger partial charge on any atom is -0.444 e. The average molecular weight is 383 g/mol. The first kappa shape index (κ1) is 18.3. The van der Waals surface area contributed by atoms with E-state index in [9.17, 15) is 4.79 Å². The van der Waals surface area contributed by atoms with Crippen molar-refractivity contribution in [3.8, 4) is 0 Å². The summed E-state index contributed by atoms with van der Waals surface area (Å²) in [5.74, 6) is 0. The molecule has 0 bridgehead atoms. The summed E-state index contributed by atoms with van der Waals surface area (Å²) in [4.78, 5) is 11.8. The van der Waals surface area contributed by atoms with E-state index in [1.165, 1.54) is 11.1 Å². The van der Waals surface area contributed by atoms with Crippen LogP contribution in [0.5, 0.6) is 0 Å². The molecule has 0 spiro atoms. The normalized spacial score (nSPS) is 18.9. The lowest BCUT2D eigenvalue weighted by Gasteiger charge is -2.27. The SMILES string of the molecule is CC(CNC1CCc2cc(Br)ccc2C1)NC(=O)OC(C)(C)C. The Labute approximate surface area is 147 Å². The summed E-state index contributed by atoms with van der Waals surface area (Å²) in [5.41, 5.74) is 2.40. The van der Waals surface area contributed by atoms with E-state index in [1.807, 2.05) is 27.7 Å². The molecule has 1 aromatic rings. The molecule has 1 aliphatic carbocycles. The zero-order valence-electron chi connectivity index (χ0n) is 14.4. The van der Waals surface area contributed by atoms with Gasteiger partial charge in [-0.15, -0.1) is 0 Å². The van der Waals surface area contributed by atoms with Crippen molar-refractivity contribution >= 4 is 22.0 Å². The predicted molar refractivity (Wildman–Crippen MR) is 96.8 cm³/mol. The number of ether oxygens (including phenoxy) is 1. The van der Waals surface area contributed by atoms with Crippen LogP contribution in [0.15, 0.2) is 22.7 Å². The number of hydrogen-bond donors (Lipinski definition) is 2. The summed E-state index contributed by atoms with van der Waals surface area (Å²) in [6.45, 7) is 8.34. The van der Waals surface area contributed by atoms with Gasteiger partial charge in [-0.05, 0) is 70.2 Å². The van der Waals surface area contributed by atoms with Gasteiger partial charge in [0, 0.05) is 23.1 Å². The molecule has 1 aliphatic rings. The van der Waals surface area contributed by atoms with Crippen LogP contribution < -0.4 is 10.6 Å². The van der Waals surface area contributed by atoms with Crippen LogP contribution in [0, 0.1) is 0 Å². The van der Waals surface area contributed by atoms with Gasteiger partial charge in [0.25, 0.3) is 0 Å². The van der Waals surface area contributed by atoms with Crippen molar-refractivity contribution in [3.63, 3.8) is 0 Å². The molecule has 0 saturated heterocycles. The first-order valence-electron chi connectivity index (χ1n) is 8.23. The lowest BCUT2D eigenvalue weighted by molar-refractivity contribution is 0.0507. The number of benzene rings is 1. The maximum atomic E-state index is 11.8. The van der Waals surface area contributed by atoms with E-state index in [2.05, 4.69) is 44.8 Å². The van der Waals surface area contributed by atoms with Crippen molar-refractivity contribution in [3.05, 3.63) is 33.8 Å². The Hall–Kier alpha value is -1.07. The van der Waals surface area contributed by atoms with Gasteiger partial charge in [-0.25, -0.2) is 4.79 Å². The van der Waals surface area contributed by atoms with Crippen LogP contribution in [0.25, 0.3) is 0 Å². The third-order valence-corrected chi connectivity index (χ3v) is 4.37. The molecule has 128 valence electrons. The fourth-order valence-electron chi connectivity index (χ4n) is 2.80. The maximum Gasteiger partial charge on any atom is 0.407 e. The maximum absolute atomic E-state index is 11.8. The minimum absolute atomic E-state index is 0.0381. The molecule has 0 radical (unpaired) electrons. The highest BCUT2D eigenvalue weighted by atomic mass is 79.9. The average Bonchev–Trinajstić information content (AvgIpc) is 2.42. The number of aryl methyl sites for hydroxylation is 1. The molecule has 1 aromatic carbocycles. The standard InChI is InChI=1S/C18H27BrN2O2/c1-12(21-17(22)23-18(2,3)4)11-20-16-8-6-13-9-15(19)7-5-14(13)10-16/h5,7,9,12,16,20H,6,8,10-11H2,1-4H3,(H,21,22). The van der Waals surface area contributed by atoms with E-state index in [-0.39, 0.29) is 12.1 Å². The largest absolute Gasteiger partial charge is 0.444 e. The van der Waals surface area contributed by atoms with Crippen molar-refractivity contribution < 1.29 is 9.53 Å². The predicted octanol–water partition coefficient (Wildman–Crippen LogP) is 3.81. The first-order chi connectivity index (χ1) is 10.7. The fraction of sp³-hybridized carbons (Fsp3) is 0.611. The summed E-state index contributed by atoms with van der Waals surface area (Å²) in [6.07, 6.45) is 2.91. The molecule has 23 heavy (non-hydrogen) atoms. The number of nitrogens with one attached hydrogen (secondary N) is 2. The van der Waals surface area contributed by atoms with E-state index in [4.69, 9.17) is 4.74 Å². The molecule has 0 heterocycles. The van der Waals surface area contributed by atoms with Crippen LogP contribution >= 0.6 is 15.9 Å². The van der Waals surface area contributed by atoms with Crippen molar-refractivity contribution in [1.82, 2.24) is 10.6 Å². The zero-order valence-corrected chi connectivity index (χ0v) is 16.0. The Morgan fingerprint density at radius 1 is 1.39 bits per heavy atom. The second kappa shape index (κ2) is 7.67. The number of fused-ring (bicyclic) bond motifs is 1. The summed E-state index contributed by atoms with van der Waals surface area (Å²) in [6, 6.07) is 7.03. The molecule has 2 rings (SSSR count). The van der Waals surface area contributed by atoms with Crippen LogP contribution in [-0.4, -0.2) is 30.3 Å². The number of carbonyl (C=O) groups is 1. The summed E-state index contributed by atoms with van der Waals surface area (Å²) in [7, 11) is 0. The van der Waals surface area contributed by atoms with Crippen LogP contribution in [0.1, 0.15) is 45.2 Å². The Morgan fingerprint density at radius 3 is 2.83 bits per heavy atom. The van der Waals surface area contributed by atoms with E-state index >= 15 is 0 Å². The number of rotatable bonds is 4. The molecule has 2 N–H and O–H groups in total. The van der Waals surface area contributed by atoms with E-state index < -0.39 is 5.60 Å². The van der Waals surface area contributed by atoms with Gasteiger partial charge in [0.15, 0.2) is 0 Å². The monoisotopic (exact) mass is 382 g/mol. The minimum atomic E-state index is -0.460. The van der Waals surface area contributed by atoms with Crippen LogP contribution in [0.3, 0.4) is 0 Å². The van der Waals surface area contributed by atoms with Crippen LogP contribution in [0.4, 0.5) is 4.79 Å². The molecule has 0 aliphatic heterocycles. The number of alkyl carbamates (subject to hydrolysis) is 1. The summed E-state index contributed by atoms with van der Waals surface area (Å²) in [5, 5.41) is 6.44. The Kier molecular flexibility index (Phi) is 6.09. The van der Waals surface area contributed by atoms with E-state index in [1.54, 1.807) is 0 Å². The van der Waals surface area contributed by atoms with Gasteiger partial charge in [-0.3, -0.25) is 0 Å². The van der Waals surface area contributed by atoms with Gasteiger partial charge in [-0.1, -0.05) is 22.0 Å². The van der Waals surface area contributed by atoms with Crippen molar-refractivity contribution in [2.45, 2.75) is 64.6 Å². The third-order valence-electron chi connectivity index (χ3n) is 3.87. The second-order valence-electron chi connectivity index (χ2n) is 7.31. The quantitative estimate of drug-likeness (QED) is 0.832. The molecule has 1 amide bonds. The number of amides is 1. The number of carbonyl (C=O) groups excluding carboxylic acids is 1. The first-order valence-corrected chi connectivity index (χ1v) is 9.02. The van der Waals surface area contributed by atoms with Gasteiger partial charge >= 0.3 is 6.09 Å². The molecule has 5 heteroatoms. The molecule has 0 aromatic heterocycles. The molecular weight excluding hydrogens is 356 g/mol. The molecule has 0 fully saturated rings. The molecular formula is C18H27BrN2O2. The van der Waals surface area contributed by atoms with E-state index in [0.29, 0.717) is 6.04 Å². The Balaban J connectivity index is 1.76. The topological polar surface area (TPSA) is 50.4 Å². The molecule has 4 nitrogen and oxygen atoms in total. The van der Waals surface area contributed by atoms with Crippen LogP contribution in [-0.2, 0) is 17.6 Å². The van der Waals surface area contributed by atoms with Gasteiger partial charge in [-0.2, -0.15) is 0 Å². The molecule has 2 atom stereocenters. The number of hydrogen-bond acceptors (Lipinski definition) is 3. The van der Waals surface area contributed by atoms with Gasteiger partial charge in [0.1, 0.15) is 5.60 Å². The van der Waals surface area contributed by atoms with Gasteiger partial charge < -0.3 is 15.4 Å². The smallest absolute Gasteiger partial charge is 0.407 e.